The number of allylic oxidation sites excluding steroid dienone is 2. The van der Waals surface area contributed by atoms with Gasteiger partial charge in [0.1, 0.15) is 11.6 Å². The summed E-state index contributed by atoms with van der Waals surface area (Å²) in [7, 11) is 1.06. The molecule has 42 heavy (non-hydrogen) atoms. The minimum Gasteiger partial charge on any atom is -0.507 e. The minimum atomic E-state index is -2.10. The van der Waals surface area contributed by atoms with Crippen LogP contribution < -0.4 is 4.90 Å². The number of aryl methyl sites for hydroxylation is 2. The number of benzene rings is 2. The van der Waals surface area contributed by atoms with Crippen LogP contribution in [0.5, 0.6) is 5.75 Å². The Balaban J connectivity index is 1.57. The maximum absolute atomic E-state index is 14.3. The van der Waals surface area contributed by atoms with E-state index in [1.807, 2.05) is 0 Å². The van der Waals surface area contributed by atoms with Gasteiger partial charge in [-0.15, -0.1) is 23.2 Å². The molecule has 218 valence electrons. The van der Waals surface area contributed by atoms with Crippen LogP contribution in [0.15, 0.2) is 48.0 Å². The van der Waals surface area contributed by atoms with E-state index >= 15 is 0 Å². The van der Waals surface area contributed by atoms with Crippen LogP contribution in [0.25, 0.3) is 0 Å². The number of fused-ring (bicyclic) bond motifs is 4. The summed E-state index contributed by atoms with van der Waals surface area (Å²) in [6.07, 6.45) is 0.417. The molecule has 12 heteroatoms. The van der Waals surface area contributed by atoms with E-state index in [0.717, 1.165) is 24.1 Å². The summed E-state index contributed by atoms with van der Waals surface area (Å²) in [6.45, 7) is 3.35. The van der Waals surface area contributed by atoms with Crippen molar-refractivity contribution < 1.29 is 38.2 Å². The van der Waals surface area contributed by atoms with Gasteiger partial charge in [0.2, 0.25) is 11.8 Å². The number of phenols is 1. The maximum Gasteiger partial charge on any atom is 0.423 e. The molecule has 2 aromatic rings. The first-order chi connectivity index (χ1) is 19.8. The number of carbonyl (C=O) groups excluding carboxylic acids is 5. The highest BCUT2D eigenvalue weighted by molar-refractivity contribution is 6.58. The van der Waals surface area contributed by atoms with Crippen molar-refractivity contribution in [3.05, 3.63) is 70.6 Å². The van der Waals surface area contributed by atoms with Gasteiger partial charge in [0, 0.05) is 5.92 Å². The quantitative estimate of drug-likeness (QED) is 0.301. The van der Waals surface area contributed by atoms with Crippen LogP contribution in [0.1, 0.15) is 35.4 Å². The molecule has 2 aliphatic carbocycles. The minimum absolute atomic E-state index is 0.0385. The molecule has 1 saturated carbocycles. The fourth-order valence-electron chi connectivity index (χ4n) is 7.20. The molecule has 2 aliphatic heterocycles. The first-order valence-electron chi connectivity index (χ1n) is 13.3. The van der Waals surface area contributed by atoms with Gasteiger partial charge in [-0.3, -0.25) is 19.2 Å². The van der Waals surface area contributed by atoms with Gasteiger partial charge in [0.05, 0.1) is 24.6 Å². The van der Waals surface area contributed by atoms with Crippen LogP contribution in [-0.2, 0) is 23.9 Å². The number of hydrogen-bond acceptors (Lipinski definition) is 7. The molecule has 4 aliphatic rings. The predicted octanol–water partition coefficient (Wildman–Crippen LogP) is 4.48. The third-order valence-electron chi connectivity index (χ3n) is 9.10. The number of imide groups is 4. The van der Waals surface area contributed by atoms with Gasteiger partial charge in [-0.1, -0.05) is 23.8 Å². The predicted molar refractivity (Wildman–Crippen MR) is 148 cm³/mol. The van der Waals surface area contributed by atoms with E-state index in [4.69, 9.17) is 23.2 Å². The first kappa shape index (κ1) is 28.4. The molecule has 0 unspecified atom stereocenters. The van der Waals surface area contributed by atoms with Crippen molar-refractivity contribution in [3.8, 4) is 5.75 Å². The summed E-state index contributed by atoms with van der Waals surface area (Å²) in [6, 6.07) is 8.02. The van der Waals surface area contributed by atoms with E-state index in [1.54, 1.807) is 32.1 Å². The van der Waals surface area contributed by atoms with Crippen molar-refractivity contribution in [3.63, 3.8) is 0 Å². The lowest BCUT2D eigenvalue weighted by Gasteiger charge is -2.50. The average Bonchev–Trinajstić information content (AvgIpc) is 3.29. The fraction of sp³-hybridized carbons (Fsp3) is 0.367. The number of likely N-dealkylation sites (tertiary alicyclic amines) is 1. The average molecular weight is 615 g/mol. The van der Waals surface area contributed by atoms with Gasteiger partial charge in [0.25, 0.3) is 11.8 Å². The number of anilines is 1. The number of carbonyl (C=O) groups is 5. The molecule has 0 bridgehead atoms. The topological polar surface area (TPSA) is 121 Å². The normalized spacial score (nSPS) is 32.0. The lowest BCUT2D eigenvalue weighted by molar-refractivity contribution is -0.138. The van der Waals surface area contributed by atoms with E-state index < -0.39 is 69.0 Å². The van der Waals surface area contributed by atoms with Crippen molar-refractivity contribution in [2.75, 3.05) is 12.0 Å². The molecule has 5 amide bonds. The van der Waals surface area contributed by atoms with E-state index in [-0.39, 0.29) is 24.3 Å². The third-order valence-corrected chi connectivity index (χ3v) is 10.5. The highest BCUT2D eigenvalue weighted by Crippen LogP contribution is 2.66. The summed E-state index contributed by atoms with van der Waals surface area (Å²) in [5, 5.41) is 10.5. The van der Waals surface area contributed by atoms with Crippen LogP contribution in [0.2, 0.25) is 0 Å². The Bertz CT molecular complexity index is 1620. The number of phenolic OH excluding ortho intramolecular Hbond substituents is 1. The Kier molecular flexibility index (Phi) is 6.33. The number of rotatable bonds is 2. The Morgan fingerprint density at radius 2 is 1.62 bits per heavy atom. The monoisotopic (exact) mass is 614 g/mol. The summed E-state index contributed by atoms with van der Waals surface area (Å²) < 4.78 is 18.4. The highest BCUT2D eigenvalue weighted by atomic mass is 35.5. The number of aromatic hydroxyl groups is 1. The number of alkyl halides is 2. The second-order valence-electron chi connectivity index (χ2n) is 11.2. The SMILES string of the molecule is COC(=O)N1C(=O)[C@H]2[C@H](CC=C3[C@H]2C[C@@]2(Cl)C(=O)N(c4ccc(F)cc4)C(=O)[C@@]2(Cl)[C@H]3c2cc(C)c(O)c(C)c2)C1=O. The van der Waals surface area contributed by atoms with Gasteiger partial charge < -0.3 is 9.84 Å². The van der Waals surface area contributed by atoms with Gasteiger partial charge in [-0.2, -0.15) is 4.90 Å². The molecule has 6 rings (SSSR count). The lowest BCUT2D eigenvalue weighted by atomic mass is 9.56. The zero-order valence-corrected chi connectivity index (χ0v) is 24.2. The summed E-state index contributed by atoms with van der Waals surface area (Å²) in [5.41, 5.74) is 2.04. The van der Waals surface area contributed by atoms with Gasteiger partial charge in [-0.25, -0.2) is 14.1 Å². The molecule has 0 radical (unpaired) electrons. The van der Waals surface area contributed by atoms with Gasteiger partial charge >= 0.3 is 6.09 Å². The molecule has 2 heterocycles. The van der Waals surface area contributed by atoms with E-state index in [0.29, 0.717) is 27.2 Å². The number of halogens is 3. The number of hydrogen-bond donors (Lipinski definition) is 1. The standard InChI is InChI=1S/C30H25Cl2FN2O7/c1-13-10-15(11-14(2)23(13)36)22-18-8-9-19-21(25(38)35(24(19)37)28(41)42-3)20(18)12-29(31)26(39)34(27(40)30(22,29)32)17-6-4-16(33)5-7-17/h4-8,10-11,19-22,36H,9,12H2,1-3H3/t19-,20+,21-,22-,29+,30-/m0/s1. The first-order valence-corrected chi connectivity index (χ1v) is 14.0. The zero-order chi connectivity index (χ0) is 30.5. The van der Waals surface area contributed by atoms with Crippen molar-refractivity contribution in [2.45, 2.75) is 42.4 Å². The van der Waals surface area contributed by atoms with Gasteiger partial charge in [0.15, 0.2) is 9.75 Å². The van der Waals surface area contributed by atoms with Crippen molar-refractivity contribution in [2.24, 2.45) is 17.8 Å². The molecule has 9 nitrogen and oxygen atoms in total. The second-order valence-corrected chi connectivity index (χ2v) is 12.5. The van der Waals surface area contributed by atoms with E-state index in [1.165, 1.54) is 12.1 Å². The molecule has 3 fully saturated rings. The Labute approximate surface area is 249 Å². The molecule has 2 aromatic carbocycles. The van der Waals surface area contributed by atoms with Crippen LogP contribution in [-0.4, -0.2) is 56.6 Å². The third kappa shape index (κ3) is 3.51. The molecular formula is C30H25Cl2FN2O7. The van der Waals surface area contributed by atoms with Crippen LogP contribution >= 0.6 is 23.2 Å². The number of amides is 5. The number of nitrogens with zero attached hydrogens (tertiary/aromatic N) is 2. The van der Waals surface area contributed by atoms with E-state index in [2.05, 4.69) is 4.74 Å². The van der Waals surface area contributed by atoms with Crippen LogP contribution in [0.4, 0.5) is 14.9 Å². The molecule has 2 saturated heterocycles. The Morgan fingerprint density at radius 1 is 1.00 bits per heavy atom. The van der Waals surface area contributed by atoms with Crippen molar-refractivity contribution in [1.29, 1.82) is 0 Å². The van der Waals surface area contributed by atoms with Crippen LogP contribution in [0.3, 0.4) is 0 Å². The smallest absolute Gasteiger partial charge is 0.423 e. The molecule has 6 atom stereocenters. The lowest BCUT2D eigenvalue weighted by Crippen LogP contribution is -2.60. The summed E-state index contributed by atoms with van der Waals surface area (Å²) in [5.74, 6) is -7.58. The molecule has 1 N–H and O–H groups in total. The summed E-state index contributed by atoms with van der Waals surface area (Å²) >= 11 is 14.6. The van der Waals surface area contributed by atoms with Gasteiger partial charge in [-0.05, 0) is 73.6 Å². The largest absolute Gasteiger partial charge is 0.507 e. The van der Waals surface area contributed by atoms with Crippen molar-refractivity contribution >= 4 is 58.6 Å². The van der Waals surface area contributed by atoms with E-state index in [9.17, 15) is 33.5 Å². The number of ether oxygens (including phenoxy) is 1. The molecule has 0 spiro atoms. The fourth-order valence-corrected chi connectivity index (χ4v) is 8.13. The Morgan fingerprint density at radius 3 is 2.21 bits per heavy atom. The maximum atomic E-state index is 14.3. The highest BCUT2D eigenvalue weighted by Gasteiger charge is 2.76. The van der Waals surface area contributed by atoms with Crippen molar-refractivity contribution in [1.82, 2.24) is 4.90 Å². The second kappa shape index (κ2) is 9.37. The Hall–Kier alpha value is -3.76. The molecule has 0 aromatic heterocycles. The summed E-state index contributed by atoms with van der Waals surface area (Å²) in [4.78, 5) is 64.8. The zero-order valence-electron chi connectivity index (χ0n) is 22.7. The number of methoxy groups -OCH3 is 1. The van der Waals surface area contributed by atoms with Crippen LogP contribution in [0, 0.1) is 37.4 Å². The molecular weight excluding hydrogens is 590 g/mol.